The van der Waals surface area contributed by atoms with Crippen LogP contribution in [0.4, 0.5) is 5.82 Å². The van der Waals surface area contributed by atoms with Crippen molar-refractivity contribution in [2.24, 2.45) is 5.92 Å². The summed E-state index contributed by atoms with van der Waals surface area (Å²) in [6, 6.07) is 0. The minimum absolute atomic E-state index is 0.479. The van der Waals surface area contributed by atoms with E-state index in [0.717, 1.165) is 37.6 Å². The molecule has 108 valence electrons. The van der Waals surface area contributed by atoms with E-state index in [0.29, 0.717) is 16.8 Å². The summed E-state index contributed by atoms with van der Waals surface area (Å²) in [7, 11) is 2.05. The van der Waals surface area contributed by atoms with E-state index in [1.807, 2.05) is 14.0 Å². The number of anilines is 1. The molecule has 2 aromatic rings. The van der Waals surface area contributed by atoms with Gasteiger partial charge in [-0.1, -0.05) is 11.6 Å². The van der Waals surface area contributed by atoms with Gasteiger partial charge in [0.15, 0.2) is 0 Å². The first-order valence-corrected chi connectivity index (χ1v) is 7.19. The molecule has 0 spiro atoms. The van der Waals surface area contributed by atoms with Crippen LogP contribution in [-0.4, -0.2) is 46.4 Å². The van der Waals surface area contributed by atoms with Gasteiger partial charge in [0.2, 0.25) is 0 Å². The van der Waals surface area contributed by atoms with Crippen molar-refractivity contribution in [1.29, 1.82) is 0 Å². The molecule has 3 heterocycles. The number of halogens is 1. The van der Waals surface area contributed by atoms with E-state index in [1.165, 1.54) is 12.7 Å². The molecule has 3 rings (SSSR count). The van der Waals surface area contributed by atoms with E-state index in [2.05, 4.69) is 20.0 Å². The van der Waals surface area contributed by atoms with Crippen LogP contribution in [0, 0.1) is 12.8 Å². The smallest absolute Gasteiger partial charge is 0.255 e. The van der Waals surface area contributed by atoms with Crippen molar-refractivity contribution in [1.82, 2.24) is 19.6 Å². The molecule has 1 aliphatic rings. The molecule has 0 aliphatic carbocycles. The highest BCUT2D eigenvalue weighted by Crippen LogP contribution is 2.26. The fourth-order valence-electron chi connectivity index (χ4n) is 2.76. The number of rotatable bonds is 3. The molecule has 0 amide bonds. The van der Waals surface area contributed by atoms with Gasteiger partial charge in [0.1, 0.15) is 17.3 Å². The summed E-state index contributed by atoms with van der Waals surface area (Å²) in [5.74, 6) is 2.02. The lowest BCUT2D eigenvalue weighted by atomic mass is 10.0. The van der Waals surface area contributed by atoms with Crippen LogP contribution < -0.4 is 4.90 Å². The van der Waals surface area contributed by atoms with Crippen LogP contribution in [0.15, 0.2) is 6.33 Å². The van der Waals surface area contributed by atoms with Crippen LogP contribution in [0.1, 0.15) is 18.4 Å². The highest BCUT2D eigenvalue weighted by Gasteiger charge is 2.20. The Labute approximate surface area is 122 Å². The summed E-state index contributed by atoms with van der Waals surface area (Å²) in [6.07, 6.45) is 3.83. The van der Waals surface area contributed by atoms with Crippen LogP contribution in [0.5, 0.6) is 0 Å². The normalized spacial score (nSPS) is 19.4. The van der Waals surface area contributed by atoms with Crippen molar-refractivity contribution in [3.8, 4) is 0 Å². The lowest BCUT2D eigenvalue weighted by Gasteiger charge is -2.29. The zero-order valence-corrected chi connectivity index (χ0v) is 12.5. The Kier molecular flexibility index (Phi) is 3.76. The fraction of sp³-hybridized carbons (Fsp3) is 0.615. The van der Waals surface area contributed by atoms with Gasteiger partial charge in [-0.25, -0.2) is 0 Å². The summed E-state index contributed by atoms with van der Waals surface area (Å²) in [5.41, 5.74) is 0.920. The number of hydrogen-bond acceptors (Lipinski definition) is 5. The summed E-state index contributed by atoms with van der Waals surface area (Å²) in [4.78, 5) is 10.5. The van der Waals surface area contributed by atoms with Crippen molar-refractivity contribution in [3.63, 3.8) is 0 Å². The number of hydrogen-bond donors (Lipinski definition) is 0. The van der Waals surface area contributed by atoms with Crippen LogP contribution in [0.3, 0.4) is 0 Å². The second kappa shape index (κ2) is 5.54. The Morgan fingerprint density at radius 2 is 2.40 bits per heavy atom. The monoisotopic (exact) mass is 295 g/mol. The molecule has 7 heteroatoms. The van der Waals surface area contributed by atoms with E-state index in [4.69, 9.17) is 16.3 Å². The van der Waals surface area contributed by atoms with Crippen molar-refractivity contribution in [2.75, 3.05) is 31.7 Å². The Morgan fingerprint density at radius 3 is 3.15 bits per heavy atom. The second-order valence-electron chi connectivity index (χ2n) is 5.29. The molecular formula is C13H18ClN5O. The first-order chi connectivity index (χ1) is 9.66. The highest BCUT2D eigenvalue weighted by molar-refractivity contribution is 6.30. The van der Waals surface area contributed by atoms with E-state index < -0.39 is 0 Å². The van der Waals surface area contributed by atoms with Crippen LogP contribution in [-0.2, 0) is 4.74 Å². The molecule has 2 aromatic heterocycles. The minimum atomic E-state index is 0.479. The van der Waals surface area contributed by atoms with E-state index >= 15 is 0 Å². The zero-order chi connectivity index (χ0) is 14.1. The van der Waals surface area contributed by atoms with Gasteiger partial charge in [0.25, 0.3) is 5.78 Å². The minimum Gasteiger partial charge on any atom is -0.381 e. The first-order valence-electron chi connectivity index (χ1n) is 6.81. The van der Waals surface area contributed by atoms with Crippen molar-refractivity contribution >= 4 is 23.2 Å². The predicted molar refractivity (Wildman–Crippen MR) is 77.3 cm³/mol. The molecule has 1 fully saturated rings. The van der Waals surface area contributed by atoms with Gasteiger partial charge in [-0.2, -0.15) is 19.6 Å². The number of aromatic nitrogens is 4. The molecule has 0 bridgehead atoms. The Hall–Kier alpha value is -1.40. The Morgan fingerprint density at radius 1 is 1.55 bits per heavy atom. The zero-order valence-electron chi connectivity index (χ0n) is 11.7. The van der Waals surface area contributed by atoms with Gasteiger partial charge in [-0.15, -0.1) is 0 Å². The summed E-state index contributed by atoms with van der Waals surface area (Å²) >= 11 is 6.19. The van der Waals surface area contributed by atoms with Gasteiger partial charge in [-0.05, 0) is 25.7 Å². The largest absolute Gasteiger partial charge is 0.381 e. The molecule has 0 N–H and O–H groups in total. The predicted octanol–water partition coefficient (Wildman–Crippen LogP) is 1.95. The molecular weight excluding hydrogens is 278 g/mol. The average molecular weight is 296 g/mol. The standard InChI is InChI=1S/C13H18ClN5O/c1-9-11(14)17-13-15-8-16-19(13)12(9)18(2)6-10-4-3-5-20-7-10/h8,10H,3-7H2,1-2H3. The molecule has 1 atom stereocenters. The highest BCUT2D eigenvalue weighted by atomic mass is 35.5. The molecule has 1 unspecified atom stereocenters. The first kappa shape index (κ1) is 13.6. The molecule has 1 saturated heterocycles. The third kappa shape index (κ3) is 2.45. The van der Waals surface area contributed by atoms with Crippen molar-refractivity contribution < 1.29 is 4.74 Å². The number of nitrogens with zero attached hydrogens (tertiary/aromatic N) is 5. The van der Waals surface area contributed by atoms with Crippen molar-refractivity contribution in [2.45, 2.75) is 19.8 Å². The van der Waals surface area contributed by atoms with Gasteiger partial charge in [0.05, 0.1) is 6.61 Å². The van der Waals surface area contributed by atoms with Crippen LogP contribution in [0.2, 0.25) is 5.15 Å². The fourth-order valence-corrected chi connectivity index (χ4v) is 2.92. The molecule has 0 radical (unpaired) electrons. The third-order valence-corrected chi connectivity index (χ3v) is 4.09. The topological polar surface area (TPSA) is 55.5 Å². The van der Waals surface area contributed by atoms with Gasteiger partial charge < -0.3 is 9.64 Å². The van der Waals surface area contributed by atoms with E-state index in [1.54, 1.807) is 4.52 Å². The maximum Gasteiger partial charge on any atom is 0.255 e. The molecule has 0 saturated carbocycles. The number of ether oxygens (including phenoxy) is 1. The molecule has 1 aliphatic heterocycles. The maximum atomic E-state index is 6.19. The lowest BCUT2D eigenvalue weighted by molar-refractivity contribution is 0.0575. The third-order valence-electron chi connectivity index (χ3n) is 3.72. The van der Waals surface area contributed by atoms with E-state index in [-0.39, 0.29) is 0 Å². The Balaban J connectivity index is 1.91. The van der Waals surface area contributed by atoms with Crippen LogP contribution in [0.25, 0.3) is 5.78 Å². The maximum absolute atomic E-state index is 6.19. The van der Waals surface area contributed by atoms with Crippen molar-refractivity contribution in [3.05, 3.63) is 17.0 Å². The SMILES string of the molecule is Cc1c(Cl)nc2ncnn2c1N(C)CC1CCCOC1. The molecule has 20 heavy (non-hydrogen) atoms. The molecule has 0 aromatic carbocycles. The summed E-state index contributed by atoms with van der Waals surface area (Å²) in [6.45, 7) is 4.58. The van der Waals surface area contributed by atoms with Gasteiger partial charge >= 0.3 is 0 Å². The quantitative estimate of drug-likeness (QED) is 0.810. The average Bonchev–Trinajstić information content (AvgIpc) is 2.88. The van der Waals surface area contributed by atoms with E-state index in [9.17, 15) is 0 Å². The lowest BCUT2D eigenvalue weighted by Crippen LogP contribution is -2.32. The second-order valence-corrected chi connectivity index (χ2v) is 5.64. The summed E-state index contributed by atoms with van der Waals surface area (Å²) in [5, 5.41) is 4.73. The van der Waals surface area contributed by atoms with Gasteiger partial charge in [-0.3, -0.25) is 0 Å². The number of fused-ring (bicyclic) bond motifs is 1. The molecule has 6 nitrogen and oxygen atoms in total. The van der Waals surface area contributed by atoms with Crippen LogP contribution >= 0.6 is 11.6 Å². The Bertz CT molecular complexity index is 608. The van der Waals surface area contributed by atoms with Gasteiger partial charge in [0, 0.05) is 25.8 Å². The summed E-state index contributed by atoms with van der Waals surface area (Å²) < 4.78 is 7.29.